The van der Waals surface area contributed by atoms with E-state index in [2.05, 4.69) is 0 Å². The smallest absolute Gasteiger partial charge is 0.261 e. The minimum absolute atomic E-state index is 0.0485. The zero-order valence-corrected chi connectivity index (χ0v) is 12.1. The zero-order valence-electron chi connectivity index (χ0n) is 11.4. The molecule has 114 valence electrons. The minimum Gasteiger partial charge on any atom is -0.305 e. The van der Waals surface area contributed by atoms with Gasteiger partial charge in [0.1, 0.15) is 17.5 Å². The molecule has 0 bridgehead atoms. The summed E-state index contributed by atoms with van der Waals surface area (Å²) in [6.45, 7) is 0.221. The van der Waals surface area contributed by atoms with E-state index in [1.165, 1.54) is 6.07 Å². The molecular formula is C16H11ClF3NO. The fourth-order valence-electron chi connectivity index (χ4n) is 2.65. The molecule has 3 rings (SSSR count). The lowest BCUT2D eigenvalue weighted by Crippen LogP contribution is -2.37. The van der Waals surface area contributed by atoms with Crippen LogP contribution in [0.4, 0.5) is 18.9 Å². The number of fused-ring (bicyclic) bond motifs is 1. The molecule has 0 saturated heterocycles. The number of carbonyl (C=O) groups is 1. The normalized spacial score (nSPS) is 13.9. The summed E-state index contributed by atoms with van der Waals surface area (Å²) in [6.07, 6.45) is 1.10. The van der Waals surface area contributed by atoms with Gasteiger partial charge in [0.25, 0.3) is 5.91 Å². The van der Waals surface area contributed by atoms with Crippen molar-refractivity contribution in [2.75, 3.05) is 11.4 Å². The van der Waals surface area contributed by atoms with Gasteiger partial charge in [-0.1, -0.05) is 11.6 Å². The Morgan fingerprint density at radius 2 is 1.82 bits per heavy atom. The predicted octanol–water partition coefficient (Wildman–Crippen LogP) is 4.35. The second-order valence-electron chi connectivity index (χ2n) is 5.04. The molecule has 2 aromatic rings. The van der Waals surface area contributed by atoms with Crippen LogP contribution in [-0.4, -0.2) is 12.5 Å². The summed E-state index contributed by atoms with van der Waals surface area (Å²) in [4.78, 5) is 13.6. The van der Waals surface area contributed by atoms with Crippen molar-refractivity contribution in [1.82, 2.24) is 0 Å². The van der Waals surface area contributed by atoms with Crippen molar-refractivity contribution < 1.29 is 18.0 Å². The van der Waals surface area contributed by atoms with Gasteiger partial charge in [0.15, 0.2) is 0 Å². The average Bonchev–Trinajstić information content (AvgIpc) is 2.52. The first kappa shape index (κ1) is 14.9. The number of nitrogens with zero attached hydrogens (tertiary/aromatic N) is 1. The number of rotatable bonds is 1. The quantitative estimate of drug-likeness (QED) is 0.763. The summed E-state index contributed by atoms with van der Waals surface area (Å²) >= 11 is 6.05. The van der Waals surface area contributed by atoms with Crippen molar-refractivity contribution in [2.45, 2.75) is 12.8 Å². The molecule has 0 radical (unpaired) electrons. The molecule has 1 aliphatic rings. The molecule has 0 unspecified atom stereocenters. The molecule has 0 fully saturated rings. The molecule has 0 aliphatic carbocycles. The van der Waals surface area contributed by atoms with Crippen LogP contribution in [-0.2, 0) is 6.42 Å². The highest BCUT2D eigenvalue weighted by atomic mass is 35.5. The lowest BCUT2D eigenvalue weighted by Gasteiger charge is -2.30. The van der Waals surface area contributed by atoms with Gasteiger partial charge < -0.3 is 4.90 Å². The van der Waals surface area contributed by atoms with E-state index >= 15 is 0 Å². The first-order chi connectivity index (χ1) is 10.5. The molecule has 1 aliphatic heterocycles. The minimum atomic E-state index is -0.846. The van der Waals surface area contributed by atoms with Crippen LogP contribution in [0.5, 0.6) is 0 Å². The van der Waals surface area contributed by atoms with Gasteiger partial charge in [0.05, 0.1) is 11.3 Å². The third-order valence-corrected chi connectivity index (χ3v) is 4.01. The predicted molar refractivity (Wildman–Crippen MR) is 77.8 cm³/mol. The number of halogens is 4. The summed E-state index contributed by atoms with van der Waals surface area (Å²) < 4.78 is 41.2. The third kappa shape index (κ3) is 2.46. The number of hydrogen-bond acceptors (Lipinski definition) is 1. The van der Waals surface area contributed by atoms with Crippen LogP contribution in [0, 0.1) is 17.5 Å². The molecule has 1 heterocycles. The molecule has 0 saturated carbocycles. The highest BCUT2D eigenvalue weighted by Gasteiger charge is 2.29. The van der Waals surface area contributed by atoms with Gasteiger partial charge in [-0.2, -0.15) is 0 Å². The summed E-state index contributed by atoms with van der Waals surface area (Å²) in [5, 5.41) is 0.355. The Hall–Kier alpha value is -2.01. The molecule has 2 aromatic carbocycles. The van der Waals surface area contributed by atoms with Crippen LogP contribution in [0.25, 0.3) is 0 Å². The van der Waals surface area contributed by atoms with Crippen LogP contribution in [0.1, 0.15) is 22.3 Å². The maximum absolute atomic E-state index is 14.1. The van der Waals surface area contributed by atoms with Gasteiger partial charge in [0, 0.05) is 11.6 Å². The number of carbonyl (C=O) groups excluding carboxylic acids is 1. The molecule has 2 nitrogen and oxygen atoms in total. The van der Waals surface area contributed by atoms with Crippen molar-refractivity contribution in [3.05, 3.63) is 63.9 Å². The van der Waals surface area contributed by atoms with E-state index in [1.807, 2.05) is 0 Å². The van der Waals surface area contributed by atoms with E-state index in [0.29, 0.717) is 23.4 Å². The molecule has 0 N–H and O–H groups in total. The van der Waals surface area contributed by atoms with Crippen LogP contribution in [0.3, 0.4) is 0 Å². The summed E-state index contributed by atoms with van der Waals surface area (Å²) in [7, 11) is 0. The molecule has 1 amide bonds. The van der Waals surface area contributed by atoms with Crippen molar-refractivity contribution in [3.8, 4) is 0 Å². The van der Waals surface area contributed by atoms with Crippen molar-refractivity contribution >= 4 is 23.2 Å². The Morgan fingerprint density at radius 3 is 2.59 bits per heavy atom. The first-order valence-corrected chi connectivity index (χ1v) is 7.10. The van der Waals surface area contributed by atoms with E-state index in [-0.39, 0.29) is 12.2 Å². The Morgan fingerprint density at radius 1 is 1.09 bits per heavy atom. The third-order valence-electron chi connectivity index (χ3n) is 3.66. The van der Waals surface area contributed by atoms with E-state index < -0.39 is 28.9 Å². The Kier molecular flexibility index (Phi) is 3.83. The second-order valence-corrected chi connectivity index (χ2v) is 5.45. The van der Waals surface area contributed by atoms with Gasteiger partial charge in [-0.15, -0.1) is 0 Å². The van der Waals surface area contributed by atoms with E-state index in [1.54, 1.807) is 0 Å². The zero-order chi connectivity index (χ0) is 15.9. The molecule has 6 heteroatoms. The summed E-state index contributed by atoms with van der Waals surface area (Å²) in [6, 6.07) is 5.20. The number of benzene rings is 2. The largest absolute Gasteiger partial charge is 0.305 e. The highest BCUT2D eigenvalue weighted by Crippen LogP contribution is 2.36. The SMILES string of the molecule is O=C(c1cc(F)ccc1F)N1CCCc2c(Cl)ccc(F)c21. The Labute approximate surface area is 130 Å². The molecule has 0 spiro atoms. The van der Waals surface area contributed by atoms with Gasteiger partial charge in [0.2, 0.25) is 0 Å². The highest BCUT2D eigenvalue weighted by molar-refractivity contribution is 6.32. The van der Waals surface area contributed by atoms with Crippen molar-refractivity contribution in [3.63, 3.8) is 0 Å². The maximum atomic E-state index is 14.1. The van der Waals surface area contributed by atoms with E-state index in [9.17, 15) is 18.0 Å². The van der Waals surface area contributed by atoms with Gasteiger partial charge in [-0.25, -0.2) is 13.2 Å². The Balaban J connectivity index is 2.10. The van der Waals surface area contributed by atoms with E-state index in [0.717, 1.165) is 29.2 Å². The van der Waals surface area contributed by atoms with Gasteiger partial charge in [-0.05, 0) is 48.7 Å². The van der Waals surface area contributed by atoms with Crippen LogP contribution < -0.4 is 4.90 Å². The molecular weight excluding hydrogens is 315 g/mol. The summed E-state index contributed by atoms with van der Waals surface area (Å²) in [5.41, 5.74) is 0.137. The molecule has 0 atom stereocenters. The van der Waals surface area contributed by atoms with Gasteiger partial charge >= 0.3 is 0 Å². The average molecular weight is 326 g/mol. The van der Waals surface area contributed by atoms with Crippen LogP contribution in [0.2, 0.25) is 5.02 Å². The number of hydrogen-bond donors (Lipinski definition) is 0. The fraction of sp³-hybridized carbons (Fsp3) is 0.188. The molecule has 22 heavy (non-hydrogen) atoms. The summed E-state index contributed by atoms with van der Waals surface area (Å²) in [5.74, 6) is -2.96. The molecule has 0 aromatic heterocycles. The number of anilines is 1. The van der Waals surface area contributed by atoms with Gasteiger partial charge in [-0.3, -0.25) is 4.79 Å². The van der Waals surface area contributed by atoms with Crippen LogP contribution in [0.15, 0.2) is 30.3 Å². The topological polar surface area (TPSA) is 20.3 Å². The van der Waals surface area contributed by atoms with Crippen molar-refractivity contribution in [1.29, 1.82) is 0 Å². The second kappa shape index (κ2) is 5.65. The maximum Gasteiger partial charge on any atom is 0.261 e. The lowest BCUT2D eigenvalue weighted by molar-refractivity contribution is 0.0979. The Bertz CT molecular complexity index is 763. The fourth-order valence-corrected chi connectivity index (χ4v) is 2.90. The first-order valence-electron chi connectivity index (χ1n) is 6.73. The standard InChI is InChI=1S/C16H11ClF3NO/c17-12-4-6-14(20)15-10(12)2-1-7-21(15)16(22)11-8-9(18)3-5-13(11)19/h3-6,8H,1-2,7H2. The van der Waals surface area contributed by atoms with Crippen molar-refractivity contribution in [2.24, 2.45) is 0 Å². The number of amides is 1. The van der Waals surface area contributed by atoms with E-state index in [4.69, 9.17) is 11.6 Å². The lowest BCUT2D eigenvalue weighted by atomic mass is 10.00. The monoisotopic (exact) mass is 325 g/mol. The van der Waals surface area contributed by atoms with Crippen LogP contribution >= 0.6 is 11.6 Å².